The highest BCUT2D eigenvalue weighted by molar-refractivity contribution is 5.82. The fourth-order valence-corrected chi connectivity index (χ4v) is 0.640. The third-order valence-corrected chi connectivity index (χ3v) is 1.50. The summed E-state index contributed by atoms with van der Waals surface area (Å²) in [6, 6.07) is 0. The van der Waals surface area contributed by atoms with Crippen molar-refractivity contribution in [3.8, 4) is 0 Å². The van der Waals surface area contributed by atoms with Gasteiger partial charge in [0, 0.05) is 0 Å². The Bertz CT molecular complexity index is 215. The van der Waals surface area contributed by atoms with Crippen molar-refractivity contribution in [3.63, 3.8) is 0 Å². The molecule has 0 aliphatic heterocycles. The van der Waals surface area contributed by atoms with Crippen molar-refractivity contribution < 1.29 is 19.1 Å². The van der Waals surface area contributed by atoms with E-state index in [1.54, 1.807) is 0 Å². The van der Waals surface area contributed by atoms with Gasteiger partial charge in [-0.05, 0) is 12.8 Å². The maximum Gasteiger partial charge on any atom is 0.333 e. The van der Waals surface area contributed by atoms with E-state index in [4.69, 9.17) is 0 Å². The fourth-order valence-electron chi connectivity index (χ4n) is 0.640. The molecule has 0 heterocycles. The molecule has 0 bridgehead atoms. The summed E-state index contributed by atoms with van der Waals surface area (Å²) in [5.74, 6) is -0.749. The van der Waals surface area contributed by atoms with Gasteiger partial charge in [0.05, 0.1) is 19.1 Å². The Balaban J connectivity index is 2.19. The molecule has 0 amide bonds. The highest BCUT2D eigenvalue weighted by Crippen LogP contribution is 2.29. The molecule has 1 fully saturated rings. The maximum absolute atomic E-state index is 10.8. The largest absolute Gasteiger partial charge is 0.466 e. The van der Waals surface area contributed by atoms with Gasteiger partial charge in [-0.3, -0.25) is 4.79 Å². The van der Waals surface area contributed by atoms with Crippen LogP contribution in [0.5, 0.6) is 0 Å². The third-order valence-electron chi connectivity index (χ3n) is 1.50. The van der Waals surface area contributed by atoms with Crippen molar-refractivity contribution in [2.45, 2.75) is 12.8 Å². The standard InChI is InChI=1S/C8H10O4/c1-11-7(9)4-5-12-8(10)6-2-3-6/h4-6H,2-3H2,1H3. The smallest absolute Gasteiger partial charge is 0.333 e. The average Bonchev–Trinajstić information content (AvgIpc) is 2.86. The van der Waals surface area contributed by atoms with Crippen LogP contribution in [0.4, 0.5) is 0 Å². The second-order valence-electron chi connectivity index (χ2n) is 2.54. The van der Waals surface area contributed by atoms with E-state index >= 15 is 0 Å². The number of hydrogen-bond acceptors (Lipinski definition) is 4. The minimum Gasteiger partial charge on any atom is -0.466 e. The molecule has 0 radical (unpaired) electrons. The normalized spacial score (nSPS) is 16.1. The van der Waals surface area contributed by atoms with E-state index in [0.29, 0.717) is 0 Å². The molecule has 0 aromatic rings. The van der Waals surface area contributed by atoms with Crippen LogP contribution in [0.25, 0.3) is 0 Å². The third kappa shape index (κ3) is 2.74. The Morgan fingerprint density at radius 3 is 2.58 bits per heavy atom. The lowest BCUT2D eigenvalue weighted by atomic mass is 10.4. The van der Waals surface area contributed by atoms with Crippen LogP contribution < -0.4 is 0 Å². The van der Waals surface area contributed by atoms with Crippen LogP contribution in [0.2, 0.25) is 0 Å². The summed E-state index contributed by atoms with van der Waals surface area (Å²) in [5, 5.41) is 0. The molecule has 0 atom stereocenters. The molecule has 0 aromatic heterocycles. The Morgan fingerprint density at radius 1 is 1.42 bits per heavy atom. The molecule has 0 saturated heterocycles. The zero-order valence-electron chi connectivity index (χ0n) is 6.78. The van der Waals surface area contributed by atoms with Crippen molar-refractivity contribution >= 4 is 11.9 Å². The molecule has 12 heavy (non-hydrogen) atoms. The fraction of sp³-hybridized carbons (Fsp3) is 0.500. The van der Waals surface area contributed by atoms with Crippen LogP contribution in [0.3, 0.4) is 0 Å². The number of rotatable bonds is 3. The highest BCUT2D eigenvalue weighted by Gasteiger charge is 2.30. The topological polar surface area (TPSA) is 52.6 Å². The van der Waals surface area contributed by atoms with Gasteiger partial charge >= 0.3 is 11.9 Å². The molecule has 1 aliphatic carbocycles. The van der Waals surface area contributed by atoms with E-state index in [0.717, 1.165) is 25.2 Å². The molecule has 1 aliphatic rings. The van der Waals surface area contributed by atoms with Gasteiger partial charge in [-0.1, -0.05) is 0 Å². The summed E-state index contributed by atoms with van der Waals surface area (Å²) in [6.07, 6.45) is 3.92. The van der Waals surface area contributed by atoms with Crippen LogP contribution >= 0.6 is 0 Å². The zero-order valence-corrected chi connectivity index (χ0v) is 6.78. The molecule has 0 aromatic carbocycles. The SMILES string of the molecule is COC(=O)C=COC(=O)C1CC1. The Labute approximate surface area is 70.1 Å². The number of hydrogen-bond donors (Lipinski definition) is 0. The van der Waals surface area contributed by atoms with E-state index in [1.807, 2.05) is 0 Å². The van der Waals surface area contributed by atoms with E-state index in [9.17, 15) is 9.59 Å². The molecule has 0 spiro atoms. The van der Waals surface area contributed by atoms with Gasteiger partial charge in [-0.2, -0.15) is 0 Å². The predicted molar refractivity (Wildman–Crippen MR) is 40.0 cm³/mol. The van der Waals surface area contributed by atoms with Gasteiger partial charge in [0.25, 0.3) is 0 Å². The summed E-state index contributed by atoms with van der Waals surface area (Å²) in [4.78, 5) is 21.3. The first-order valence-corrected chi connectivity index (χ1v) is 3.69. The number of esters is 2. The first kappa shape index (κ1) is 8.77. The molecule has 0 N–H and O–H groups in total. The summed E-state index contributed by atoms with van der Waals surface area (Å²) in [6.45, 7) is 0. The lowest BCUT2D eigenvalue weighted by Gasteiger charge is -1.94. The quantitative estimate of drug-likeness (QED) is 0.354. The predicted octanol–water partition coefficient (Wildman–Crippen LogP) is 0.626. The molecular formula is C8H10O4. The van der Waals surface area contributed by atoms with Crippen LogP contribution in [0, 0.1) is 5.92 Å². The molecule has 4 nitrogen and oxygen atoms in total. The van der Waals surface area contributed by atoms with Gasteiger partial charge < -0.3 is 9.47 Å². The van der Waals surface area contributed by atoms with Crippen LogP contribution in [0.15, 0.2) is 12.3 Å². The monoisotopic (exact) mass is 170 g/mol. The number of carbonyl (C=O) groups excluding carboxylic acids is 2. The molecular weight excluding hydrogens is 160 g/mol. The second kappa shape index (κ2) is 3.90. The lowest BCUT2D eigenvalue weighted by molar-refractivity contribution is -0.139. The van der Waals surface area contributed by atoms with Crippen molar-refractivity contribution in [1.29, 1.82) is 0 Å². The Kier molecular flexibility index (Phi) is 2.85. The second-order valence-corrected chi connectivity index (χ2v) is 2.54. The van der Waals surface area contributed by atoms with Crippen molar-refractivity contribution in [3.05, 3.63) is 12.3 Å². The van der Waals surface area contributed by atoms with Gasteiger partial charge in [0.1, 0.15) is 6.26 Å². The van der Waals surface area contributed by atoms with Crippen molar-refractivity contribution in [2.24, 2.45) is 5.92 Å². The maximum atomic E-state index is 10.8. The minimum atomic E-state index is -0.529. The van der Waals surface area contributed by atoms with Gasteiger partial charge in [0.15, 0.2) is 0 Å². The van der Waals surface area contributed by atoms with E-state index < -0.39 is 5.97 Å². The summed E-state index contributed by atoms with van der Waals surface area (Å²) < 4.78 is 8.91. The number of carbonyl (C=O) groups is 2. The van der Waals surface area contributed by atoms with Crippen LogP contribution in [-0.4, -0.2) is 19.0 Å². The van der Waals surface area contributed by atoms with Crippen LogP contribution in [0.1, 0.15) is 12.8 Å². The average molecular weight is 170 g/mol. The molecule has 1 rings (SSSR count). The van der Waals surface area contributed by atoms with Gasteiger partial charge in [-0.25, -0.2) is 4.79 Å². The van der Waals surface area contributed by atoms with Crippen molar-refractivity contribution in [1.82, 2.24) is 0 Å². The summed E-state index contributed by atoms with van der Waals surface area (Å²) >= 11 is 0. The Hall–Kier alpha value is -1.32. The molecule has 66 valence electrons. The molecule has 1 saturated carbocycles. The molecule has 4 heteroatoms. The number of methoxy groups -OCH3 is 1. The minimum absolute atomic E-state index is 0.0484. The first-order valence-electron chi connectivity index (χ1n) is 3.69. The molecule has 0 unspecified atom stereocenters. The Morgan fingerprint density at radius 2 is 2.08 bits per heavy atom. The highest BCUT2D eigenvalue weighted by atomic mass is 16.5. The zero-order chi connectivity index (χ0) is 8.97. The van der Waals surface area contributed by atoms with Gasteiger partial charge in [0.2, 0.25) is 0 Å². The van der Waals surface area contributed by atoms with Crippen LogP contribution in [-0.2, 0) is 19.1 Å². The van der Waals surface area contributed by atoms with Gasteiger partial charge in [-0.15, -0.1) is 0 Å². The number of ether oxygens (including phenoxy) is 2. The lowest BCUT2D eigenvalue weighted by Crippen LogP contribution is -2.02. The summed E-state index contributed by atoms with van der Waals surface area (Å²) in [7, 11) is 1.26. The van der Waals surface area contributed by atoms with E-state index in [1.165, 1.54) is 7.11 Å². The van der Waals surface area contributed by atoms with Crippen molar-refractivity contribution in [2.75, 3.05) is 7.11 Å². The van der Waals surface area contributed by atoms with E-state index in [2.05, 4.69) is 9.47 Å². The van der Waals surface area contributed by atoms with E-state index in [-0.39, 0.29) is 11.9 Å². The first-order chi connectivity index (χ1) is 5.74. The summed E-state index contributed by atoms with van der Waals surface area (Å²) in [5.41, 5.74) is 0.